The molecule has 21 heavy (non-hydrogen) atoms. The quantitative estimate of drug-likeness (QED) is 0.917. The first kappa shape index (κ1) is 15.5. The molecule has 1 N–H and O–H groups in total. The summed E-state index contributed by atoms with van der Waals surface area (Å²) < 4.78 is 0.651. The molecule has 2 aromatic heterocycles. The number of pyridine rings is 1. The molecule has 1 amide bonds. The summed E-state index contributed by atoms with van der Waals surface area (Å²) >= 11 is 7.26. The van der Waals surface area contributed by atoms with Gasteiger partial charge in [0.2, 0.25) is 0 Å². The fourth-order valence-corrected chi connectivity index (χ4v) is 2.95. The second-order valence-electron chi connectivity index (χ2n) is 4.23. The zero-order valence-electron chi connectivity index (χ0n) is 11.2. The van der Waals surface area contributed by atoms with Crippen LogP contribution in [0.5, 0.6) is 0 Å². The Labute approximate surface area is 130 Å². The van der Waals surface area contributed by atoms with Gasteiger partial charge < -0.3 is 10.0 Å². The highest BCUT2D eigenvalue weighted by atomic mass is 35.5. The standard InChI is InChI=1S/C14H13ClN2O3S/c1-2-17(8-9-5-6-11(15)21-9)13(18)12-10(14(19)20)4-3-7-16-12/h3-7H,2,8H2,1H3,(H,19,20). The first-order valence-corrected chi connectivity index (χ1v) is 7.44. The van der Waals surface area contributed by atoms with Crippen molar-refractivity contribution in [2.45, 2.75) is 13.5 Å². The summed E-state index contributed by atoms with van der Waals surface area (Å²) in [7, 11) is 0. The maximum absolute atomic E-state index is 12.5. The van der Waals surface area contributed by atoms with Gasteiger partial charge in [0.25, 0.3) is 5.91 Å². The van der Waals surface area contributed by atoms with Gasteiger partial charge in [0.1, 0.15) is 5.69 Å². The smallest absolute Gasteiger partial charge is 0.338 e. The first-order valence-electron chi connectivity index (χ1n) is 6.24. The fourth-order valence-electron chi connectivity index (χ4n) is 1.85. The summed E-state index contributed by atoms with van der Waals surface area (Å²) in [5, 5.41) is 9.14. The molecular formula is C14H13ClN2O3S. The van der Waals surface area contributed by atoms with Crippen molar-refractivity contribution in [3.8, 4) is 0 Å². The highest BCUT2D eigenvalue weighted by Gasteiger charge is 2.22. The Bertz CT molecular complexity index is 672. The lowest BCUT2D eigenvalue weighted by Crippen LogP contribution is -2.32. The largest absolute Gasteiger partial charge is 0.478 e. The summed E-state index contributed by atoms with van der Waals surface area (Å²) in [6.07, 6.45) is 1.41. The Kier molecular flexibility index (Phi) is 4.93. The molecule has 0 atom stereocenters. The lowest BCUT2D eigenvalue weighted by atomic mass is 10.1. The van der Waals surface area contributed by atoms with Crippen LogP contribution in [0.1, 0.15) is 32.6 Å². The van der Waals surface area contributed by atoms with Gasteiger partial charge in [0.15, 0.2) is 0 Å². The van der Waals surface area contributed by atoms with Gasteiger partial charge in [-0.15, -0.1) is 11.3 Å². The van der Waals surface area contributed by atoms with E-state index in [4.69, 9.17) is 16.7 Å². The lowest BCUT2D eigenvalue weighted by molar-refractivity contribution is 0.0671. The number of halogens is 1. The number of carbonyl (C=O) groups excluding carboxylic acids is 1. The third kappa shape index (κ3) is 3.59. The van der Waals surface area contributed by atoms with Crippen molar-refractivity contribution in [3.63, 3.8) is 0 Å². The van der Waals surface area contributed by atoms with Crippen molar-refractivity contribution in [1.82, 2.24) is 9.88 Å². The third-order valence-corrected chi connectivity index (χ3v) is 4.10. The van der Waals surface area contributed by atoms with Gasteiger partial charge in [0, 0.05) is 17.6 Å². The molecule has 0 aromatic carbocycles. The van der Waals surface area contributed by atoms with E-state index in [1.54, 1.807) is 6.07 Å². The monoisotopic (exact) mass is 324 g/mol. The highest BCUT2D eigenvalue weighted by Crippen LogP contribution is 2.23. The topological polar surface area (TPSA) is 70.5 Å². The van der Waals surface area contributed by atoms with Gasteiger partial charge >= 0.3 is 5.97 Å². The number of hydrogen-bond donors (Lipinski definition) is 1. The van der Waals surface area contributed by atoms with Crippen LogP contribution in [-0.4, -0.2) is 33.4 Å². The number of nitrogens with zero attached hydrogens (tertiary/aromatic N) is 2. The second kappa shape index (κ2) is 6.69. The molecule has 7 heteroatoms. The zero-order chi connectivity index (χ0) is 15.4. The summed E-state index contributed by atoms with van der Waals surface area (Å²) in [5.74, 6) is -1.57. The van der Waals surface area contributed by atoms with Crippen LogP contribution < -0.4 is 0 Å². The van der Waals surface area contributed by atoms with E-state index >= 15 is 0 Å². The van der Waals surface area contributed by atoms with Crippen molar-refractivity contribution in [1.29, 1.82) is 0 Å². The molecule has 0 aliphatic rings. The average molecular weight is 325 g/mol. The average Bonchev–Trinajstić information content (AvgIpc) is 2.89. The predicted molar refractivity (Wildman–Crippen MR) is 80.9 cm³/mol. The number of carboxylic acid groups (broad SMARTS) is 1. The normalized spacial score (nSPS) is 10.4. The second-order valence-corrected chi connectivity index (χ2v) is 6.03. The van der Waals surface area contributed by atoms with Gasteiger partial charge in [-0.3, -0.25) is 9.78 Å². The van der Waals surface area contributed by atoms with Crippen molar-refractivity contribution < 1.29 is 14.7 Å². The summed E-state index contributed by atoms with van der Waals surface area (Å²) in [6, 6.07) is 6.48. The minimum absolute atomic E-state index is 0.0468. The summed E-state index contributed by atoms with van der Waals surface area (Å²) in [6.45, 7) is 2.66. The number of thiophene rings is 1. The van der Waals surface area contributed by atoms with Crippen LogP contribution in [0.25, 0.3) is 0 Å². The zero-order valence-corrected chi connectivity index (χ0v) is 12.8. The van der Waals surface area contributed by atoms with Crippen molar-refractivity contribution >= 4 is 34.8 Å². The van der Waals surface area contributed by atoms with Crippen LogP contribution in [0.2, 0.25) is 4.34 Å². The lowest BCUT2D eigenvalue weighted by Gasteiger charge is -2.20. The van der Waals surface area contributed by atoms with E-state index < -0.39 is 11.9 Å². The number of aromatic nitrogens is 1. The van der Waals surface area contributed by atoms with E-state index in [1.807, 2.05) is 13.0 Å². The molecule has 2 rings (SSSR count). The Morgan fingerprint density at radius 3 is 2.71 bits per heavy atom. The minimum atomic E-state index is -1.17. The van der Waals surface area contributed by atoms with Crippen LogP contribution in [0.15, 0.2) is 30.5 Å². The summed E-state index contributed by atoms with van der Waals surface area (Å²) in [4.78, 5) is 30.0. The highest BCUT2D eigenvalue weighted by molar-refractivity contribution is 7.16. The molecule has 0 radical (unpaired) electrons. The number of rotatable bonds is 5. The Hall–Kier alpha value is -1.92. The van der Waals surface area contributed by atoms with Crippen molar-refractivity contribution in [2.24, 2.45) is 0 Å². The van der Waals surface area contributed by atoms with Crippen LogP contribution in [-0.2, 0) is 6.54 Å². The molecule has 0 bridgehead atoms. The first-order chi connectivity index (χ1) is 10.0. The molecule has 5 nitrogen and oxygen atoms in total. The summed E-state index contributed by atoms with van der Waals surface area (Å²) in [5.41, 5.74) is -0.139. The number of carboxylic acids is 1. The Balaban J connectivity index is 2.26. The molecule has 0 aliphatic heterocycles. The van der Waals surface area contributed by atoms with E-state index in [-0.39, 0.29) is 11.3 Å². The molecule has 0 aliphatic carbocycles. The maximum Gasteiger partial charge on any atom is 0.338 e. The number of carbonyl (C=O) groups is 2. The fraction of sp³-hybridized carbons (Fsp3) is 0.214. The maximum atomic E-state index is 12.5. The van der Waals surface area contributed by atoms with Crippen molar-refractivity contribution in [3.05, 3.63) is 50.9 Å². The van der Waals surface area contributed by atoms with Crippen LogP contribution in [0, 0.1) is 0 Å². The molecule has 0 fully saturated rings. The van der Waals surface area contributed by atoms with E-state index in [9.17, 15) is 9.59 Å². The van der Waals surface area contributed by atoms with Gasteiger partial charge in [-0.05, 0) is 31.2 Å². The van der Waals surface area contributed by atoms with Crippen LogP contribution >= 0.6 is 22.9 Å². The van der Waals surface area contributed by atoms with E-state index in [1.165, 1.54) is 34.6 Å². The molecule has 110 valence electrons. The van der Waals surface area contributed by atoms with Crippen molar-refractivity contribution in [2.75, 3.05) is 6.54 Å². The van der Waals surface area contributed by atoms with Gasteiger partial charge in [-0.25, -0.2) is 4.79 Å². The predicted octanol–water partition coefficient (Wildman–Crippen LogP) is 3.16. The van der Waals surface area contributed by atoms with E-state index in [0.717, 1.165) is 4.88 Å². The molecule has 0 spiro atoms. The third-order valence-electron chi connectivity index (χ3n) is 2.89. The molecule has 0 unspecified atom stereocenters. The number of hydrogen-bond acceptors (Lipinski definition) is 4. The Morgan fingerprint density at radius 2 is 2.14 bits per heavy atom. The molecule has 2 heterocycles. The van der Waals surface area contributed by atoms with E-state index in [0.29, 0.717) is 17.4 Å². The van der Waals surface area contributed by atoms with Gasteiger partial charge in [-0.1, -0.05) is 11.6 Å². The molecule has 0 saturated carbocycles. The van der Waals surface area contributed by atoms with Crippen LogP contribution in [0.3, 0.4) is 0 Å². The molecule has 2 aromatic rings. The van der Waals surface area contributed by atoms with E-state index in [2.05, 4.69) is 4.98 Å². The molecular weight excluding hydrogens is 312 g/mol. The SMILES string of the molecule is CCN(Cc1ccc(Cl)s1)C(=O)c1ncccc1C(=O)O. The minimum Gasteiger partial charge on any atom is -0.478 e. The number of aromatic carboxylic acids is 1. The van der Waals surface area contributed by atoms with Gasteiger partial charge in [-0.2, -0.15) is 0 Å². The number of amides is 1. The van der Waals surface area contributed by atoms with Crippen LogP contribution in [0.4, 0.5) is 0 Å². The Morgan fingerprint density at radius 1 is 1.38 bits per heavy atom. The molecule has 0 saturated heterocycles. The van der Waals surface area contributed by atoms with Gasteiger partial charge in [0.05, 0.1) is 16.4 Å².